The van der Waals surface area contributed by atoms with Crippen molar-refractivity contribution in [1.82, 2.24) is 0 Å². The first-order chi connectivity index (χ1) is 11.4. The standard InChI is InChI=1S/C15H15N2O6P/c18-16-15(13-4-2-1-3-5-13)24(21,22)23-11-10-12-6-8-14(9-7-12)17(19)20/h1-9,18H,10-11H2,(H,21,22)/b16-15+. The molecule has 0 heterocycles. The molecule has 1 unspecified atom stereocenters. The average Bonchev–Trinajstić information content (AvgIpc) is 2.56. The van der Waals surface area contributed by atoms with Gasteiger partial charge in [-0.05, 0) is 12.0 Å². The van der Waals surface area contributed by atoms with Crippen LogP contribution in [0.2, 0.25) is 0 Å². The third-order valence-corrected chi connectivity index (χ3v) is 4.61. The van der Waals surface area contributed by atoms with Gasteiger partial charge in [0.2, 0.25) is 0 Å². The number of oxime groups is 1. The number of nitro groups is 1. The summed E-state index contributed by atoms with van der Waals surface area (Å²) in [6, 6.07) is 13.8. The highest BCUT2D eigenvalue weighted by atomic mass is 31.2. The Labute approximate surface area is 137 Å². The number of benzene rings is 2. The molecule has 0 aliphatic carbocycles. The van der Waals surface area contributed by atoms with Gasteiger partial charge in [-0.1, -0.05) is 47.6 Å². The number of nitrogens with zero attached hydrogens (tertiary/aromatic N) is 2. The minimum Gasteiger partial charge on any atom is -0.410 e. The molecule has 1 atom stereocenters. The molecule has 0 aromatic heterocycles. The van der Waals surface area contributed by atoms with E-state index in [-0.39, 0.29) is 24.3 Å². The third-order valence-electron chi connectivity index (χ3n) is 3.20. The molecule has 126 valence electrons. The zero-order valence-electron chi connectivity index (χ0n) is 12.5. The van der Waals surface area contributed by atoms with Crippen molar-refractivity contribution in [2.75, 3.05) is 6.61 Å². The first kappa shape index (κ1) is 17.8. The van der Waals surface area contributed by atoms with Crippen LogP contribution in [0.4, 0.5) is 5.69 Å². The summed E-state index contributed by atoms with van der Waals surface area (Å²) in [4.78, 5) is 20.0. The minimum atomic E-state index is -4.29. The van der Waals surface area contributed by atoms with Crippen molar-refractivity contribution in [3.63, 3.8) is 0 Å². The van der Waals surface area contributed by atoms with Gasteiger partial charge in [0.15, 0.2) is 5.45 Å². The van der Waals surface area contributed by atoms with Crippen LogP contribution in [-0.2, 0) is 15.5 Å². The Morgan fingerprint density at radius 2 is 1.79 bits per heavy atom. The van der Waals surface area contributed by atoms with Gasteiger partial charge in [0, 0.05) is 17.7 Å². The Hall–Kier alpha value is -2.54. The van der Waals surface area contributed by atoms with Crippen molar-refractivity contribution < 1.29 is 24.1 Å². The van der Waals surface area contributed by atoms with Crippen LogP contribution < -0.4 is 0 Å². The highest BCUT2D eigenvalue weighted by Gasteiger charge is 2.30. The van der Waals surface area contributed by atoms with Crippen LogP contribution in [0.25, 0.3) is 0 Å². The highest BCUT2D eigenvalue weighted by molar-refractivity contribution is 7.72. The molecule has 0 radical (unpaired) electrons. The fourth-order valence-corrected chi connectivity index (χ4v) is 3.05. The predicted molar refractivity (Wildman–Crippen MR) is 87.3 cm³/mol. The van der Waals surface area contributed by atoms with Crippen molar-refractivity contribution >= 4 is 18.7 Å². The summed E-state index contributed by atoms with van der Waals surface area (Å²) >= 11 is 0. The molecule has 2 aromatic rings. The van der Waals surface area contributed by atoms with E-state index >= 15 is 0 Å². The summed E-state index contributed by atoms with van der Waals surface area (Å²) in [5, 5.41) is 22.5. The third kappa shape index (κ3) is 4.48. The topological polar surface area (TPSA) is 122 Å². The molecule has 0 saturated carbocycles. The molecule has 0 spiro atoms. The van der Waals surface area contributed by atoms with Crippen LogP contribution in [0.1, 0.15) is 11.1 Å². The first-order valence-corrected chi connectivity index (χ1v) is 8.50. The summed E-state index contributed by atoms with van der Waals surface area (Å²) in [5.41, 5.74) is 0.516. The van der Waals surface area contributed by atoms with Gasteiger partial charge in [-0.3, -0.25) is 14.7 Å². The molecule has 0 saturated heterocycles. The van der Waals surface area contributed by atoms with Crippen molar-refractivity contribution in [3.8, 4) is 0 Å². The van der Waals surface area contributed by atoms with E-state index in [0.29, 0.717) is 5.56 Å². The van der Waals surface area contributed by atoms with Crippen molar-refractivity contribution in [2.24, 2.45) is 5.16 Å². The van der Waals surface area contributed by atoms with Gasteiger partial charge in [0.1, 0.15) is 0 Å². The first-order valence-electron chi connectivity index (χ1n) is 6.93. The second-order valence-corrected chi connectivity index (χ2v) is 6.54. The SMILES string of the molecule is O=[N+]([O-])c1ccc(CCOP(=O)(O)/C(=N/O)c2ccccc2)cc1. The van der Waals surface area contributed by atoms with Gasteiger partial charge < -0.3 is 14.6 Å². The molecule has 0 bridgehead atoms. The smallest absolute Gasteiger partial charge is 0.381 e. The second-order valence-electron chi connectivity index (χ2n) is 4.82. The fourth-order valence-electron chi connectivity index (χ4n) is 2.00. The maximum absolute atomic E-state index is 12.2. The molecule has 0 amide bonds. The van der Waals surface area contributed by atoms with Crippen LogP contribution in [0, 0.1) is 10.1 Å². The molecular formula is C15H15N2O6P. The maximum atomic E-state index is 12.2. The summed E-state index contributed by atoms with van der Waals surface area (Å²) in [7, 11) is -4.29. The Kier molecular flexibility index (Phi) is 5.81. The van der Waals surface area contributed by atoms with Crippen LogP contribution in [0.3, 0.4) is 0 Å². The van der Waals surface area contributed by atoms with E-state index in [4.69, 9.17) is 9.73 Å². The van der Waals surface area contributed by atoms with E-state index in [9.17, 15) is 19.6 Å². The summed E-state index contributed by atoms with van der Waals surface area (Å²) in [5.74, 6) is 0. The van der Waals surface area contributed by atoms with Gasteiger partial charge in [0.25, 0.3) is 5.69 Å². The lowest BCUT2D eigenvalue weighted by molar-refractivity contribution is -0.384. The average molecular weight is 350 g/mol. The fraction of sp³-hybridized carbons (Fsp3) is 0.133. The zero-order chi connectivity index (χ0) is 17.6. The van der Waals surface area contributed by atoms with E-state index in [1.54, 1.807) is 30.3 Å². The van der Waals surface area contributed by atoms with Crippen molar-refractivity contribution in [1.29, 1.82) is 0 Å². The summed E-state index contributed by atoms with van der Waals surface area (Å²) in [6.07, 6.45) is 0.274. The number of hydrogen-bond donors (Lipinski definition) is 2. The van der Waals surface area contributed by atoms with Gasteiger partial charge in [0.05, 0.1) is 11.5 Å². The largest absolute Gasteiger partial charge is 0.410 e. The maximum Gasteiger partial charge on any atom is 0.381 e. The Morgan fingerprint density at radius 3 is 2.33 bits per heavy atom. The molecule has 2 N–H and O–H groups in total. The molecular weight excluding hydrogens is 335 g/mol. The van der Waals surface area contributed by atoms with Crippen LogP contribution >= 0.6 is 7.60 Å². The van der Waals surface area contributed by atoms with E-state index in [0.717, 1.165) is 0 Å². The van der Waals surface area contributed by atoms with Crippen LogP contribution in [0.15, 0.2) is 59.8 Å². The summed E-state index contributed by atoms with van der Waals surface area (Å²) in [6.45, 7) is -0.114. The number of nitro benzene ring substituents is 1. The van der Waals surface area contributed by atoms with Gasteiger partial charge in [-0.25, -0.2) is 0 Å². The quantitative estimate of drug-likeness (QED) is 0.260. The lowest BCUT2D eigenvalue weighted by Gasteiger charge is -2.13. The summed E-state index contributed by atoms with van der Waals surface area (Å²) < 4.78 is 17.2. The number of rotatable bonds is 7. The molecule has 2 aromatic carbocycles. The van der Waals surface area contributed by atoms with Gasteiger partial charge in [-0.2, -0.15) is 0 Å². The van der Waals surface area contributed by atoms with E-state index < -0.39 is 18.0 Å². The minimum absolute atomic E-state index is 0.0359. The van der Waals surface area contributed by atoms with E-state index in [2.05, 4.69) is 5.16 Å². The molecule has 9 heteroatoms. The Bertz CT molecular complexity index is 776. The predicted octanol–water partition coefficient (Wildman–Crippen LogP) is 3.18. The molecule has 0 aliphatic rings. The number of hydrogen-bond acceptors (Lipinski definition) is 6. The Morgan fingerprint density at radius 1 is 1.17 bits per heavy atom. The van der Waals surface area contributed by atoms with Crippen molar-refractivity contribution in [3.05, 3.63) is 75.8 Å². The Balaban J connectivity index is 1.99. The molecule has 8 nitrogen and oxygen atoms in total. The van der Waals surface area contributed by atoms with Gasteiger partial charge >= 0.3 is 7.60 Å². The molecule has 0 fully saturated rings. The van der Waals surface area contributed by atoms with Crippen LogP contribution in [0.5, 0.6) is 0 Å². The zero-order valence-corrected chi connectivity index (χ0v) is 13.4. The highest BCUT2D eigenvalue weighted by Crippen LogP contribution is 2.46. The molecule has 2 rings (SSSR count). The van der Waals surface area contributed by atoms with E-state index in [1.165, 1.54) is 24.3 Å². The molecule has 0 aliphatic heterocycles. The lowest BCUT2D eigenvalue weighted by atomic mass is 10.1. The number of non-ortho nitro benzene ring substituents is 1. The second kappa shape index (κ2) is 7.83. The van der Waals surface area contributed by atoms with Gasteiger partial charge in [-0.15, -0.1) is 0 Å². The lowest BCUT2D eigenvalue weighted by Crippen LogP contribution is -2.07. The monoisotopic (exact) mass is 350 g/mol. The molecule has 24 heavy (non-hydrogen) atoms. The van der Waals surface area contributed by atoms with Crippen molar-refractivity contribution in [2.45, 2.75) is 6.42 Å². The van der Waals surface area contributed by atoms with E-state index in [1.807, 2.05) is 0 Å². The normalized spacial score (nSPS) is 14.1. The van der Waals surface area contributed by atoms with Crippen LogP contribution in [-0.4, -0.2) is 27.1 Å².